The molecule has 0 bridgehead atoms. The van der Waals surface area contributed by atoms with E-state index in [0.29, 0.717) is 43.5 Å². The van der Waals surface area contributed by atoms with E-state index in [4.69, 9.17) is 9.47 Å². The number of methoxy groups -OCH3 is 2. The number of halogens is 4. The zero-order valence-corrected chi connectivity index (χ0v) is 20.4. The molecule has 172 valence electrons. The quantitative estimate of drug-likeness (QED) is 0.313. The highest BCUT2D eigenvalue weighted by Gasteiger charge is 2.34. The third-order valence-electron chi connectivity index (χ3n) is 5.10. The van der Waals surface area contributed by atoms with Gasteiger partial charge in [0, 0.05) is 38.1 Å². The second-order valence-corrected chi connectivity index (χ2v) is 7.86. The maximum atomic E-state index is 12.6. The minimum Gasteiger partial charge on any atom is -0.493 e. The van der Waals surface area contributed by atoms with Gasteiger partial charge in [-0.15, -0.1) is 24.0 Å². The number of aliphatic imine (C=N–C) groups is 1. The maximum absolute atomic E-state index is 12.6. The molecule has 0 saturated carbocycles. The maximum Gasteiger partial charge on any atom is 0.401 e. The Bertz CT molecular complexity index is 714. The minimum atomic E-state index is -4.17. The van der Waals surface area contributed by atoms with Crippen LogP contribution >= 0.6 is 24.0 Å². The van der Waals surface area contributed by atoms with Crippen LogP contribution in [0.2, 0.25) is 0 Å². The fourth-order valence-corrected chi connectivity index (χ4v) is 3.40. The Hall–Kier alpha value is -1.43. The van der Waals surface area contributed by atoms with E-state index in [0.717, 1.165) is 5.56 Å². The molecule has 1 unspecified atom stereocenters. The summed E-state index contributed by atoms with van der Waals surface area (Å²) in [5.74, 6) is 1.91. The number of hydrogen-bond donors (Lipinski definition) is 2. The Morgan fingerprint density at radius 1 is 1.20 bits per heavy atom. The number of guanidine groups is 1. The average Bonchev–Trinajstić information content (AvgIpc) is 3.09. The molecule has 2 rings (SSSR count). The highest BCUT2D eigenvalue weighted by molar-refractivity contribution is 14.0. The third-order valence-corrected chi connectivity index (χ3v) is 5.10. The van der Waals surface area contributed by atoms with Crippen LogP contribution < -0.4 is 20.1 Å². The van der Waals surface area contributed by atoms with Crippen LogP contribution in [-0.2, 0) is 5.41 Å². The summed E-state index contributed by atoms with van der Waals surface area (Å²) in [5.41, 5.74) is 0.824. The van der Waals surface area contributed by atoms with Crippen LogP contribution in [0.15, 0.2) is 23.2 Å². The van der Waals surface area contributed by atoms with Gasteiger partial charge >= 0.3 is 6.18 Å². The molecule has 1 aromatic carbocycles. The van der Waals surface area contributed by atoms with Gasteiger partial charge in [0.1, 0.15) is 0 Å². The van der Waals surface area contributed by atoms with Crippen molar-refractivity contribution < 1.29 is 22.6 Å². The van der Waals surface area contributed by atoms with E-state index in [2.05, 4.69) is 29.5 Å². The van der Waals surface area contributed by atoms with Gasteiger partial charge in [0.25, 0.3) is 0 Å². The Kier molecular flexibility index (Phi) is 9.99. The topological polar surface area (TPSA) is 58.1 Å². The third kappa shape index (κ3) is 7.68. The molecule has 2 N–H and O–H groups in total. The summed E-state index contributed by atoms with van der Waals surface area (Å²) in [4.78, 5) is 5.63. The normalized spacial score (nSPS) is 18.0. The number of likely N-dealkylation sites (tertiary alicyclic amines) is 1. The number of rotatable bonds is 7. The van der Waals surface area contributed by atoms with Crippen LogP contribution in [0, 0.1) is 0 Å². The fourth-order valence-electron chi connectivity index (χ4n) is 3.40. The van der Waals surface area contributed by atoms with Crippen LogP contribution in [0.5, 0.6) is 11.5 Å². The summed E-state index contributed by atoms with van der Waals surface area (Å²) in [7, 11) is 4.85. The SMILES string of the molecule is CN=C(NCC(C)(C)c1ccc(OC)c(OC)c1)NC1CCN(CC(F)(F)F)C1.I. The van der Waals surface area contributed by atoms with Crippen LogP contribution in [0.3, 0.4) is 0 Å². The molecule has 1 fully saturated rings. The van der Waals surface area contributed by atoms with Crippen LogP contribution in [0.1, 0.15) is 25.8 Å². The summed E-state index contributed by atoms with van der Waals surface area (Å²) < 4.78 is 48.4. The number of ether oxygens (including phenoxy) is 2. The van der Waals surface area contributed by atoms with Gasteiger partial charge in [0.15, 0.2) is 17.5 Å². The lowest BCUT2D eigenvalue weighted by molar-refractivity contribution is -0.143. The van der Waals surface area contributed by atoms with E-state index < -0.39 is 12.7 Å². The van der Waals surface area contributed by atoms with Crippen molar-refractivity contribution in [3.63, 3.8) is 0 Å². The molecule has 10 heteroatoms. The van der Waals surface area contributed by atoms with E-state index >= 15 is 0 Å². The van der Waals surface area contributed by atoms with Crippen molar-refractivity contribution in [2.75, 3.05) is 47.4 Å². The van der Waals surface area contributed by atoms with Gasteiger partial charge in [-0.2, -0.15) is 13.2 Å². The largest absolute Gasteiger partial charge is 0.493 e. The molecular weight excluding hydrogens is 512 g/mol. The molecule has 0 radical (unpaired) electrons. The summed E-state index contributed by atoms with van der Waals surface area (Å²) in [6.07, 6.45) is -3.52. The molecule has 1 saturated heterocycles. The molecule has 1 aliphatic rings. The van der Waals surface area contributed by atoms with Crippen molar-refractivity contribution >= 4 is 29.9 Å². The minimum absolute atomic E-state index is 0. The fraction of sp³-hybridized carbons (Fsp3) is 0.650. The van der Waals surface area contributed by atoms with E-state index in [1.165, 1.54) is 4.90 Å². The predicted molar refractivity (Wildman–Crippen MR) is 123 cm³/mol. The van der Waals surface area contributed by atoms with E-state index in [9.17, 15) is 13.2 Å². The van der Waals surface area contributed by atoms with Gasteiger partial charge < -0.3 is 20.1 Å². The van der Waals surface area contributed by atoms with Crippen molar-refractivity contribution in [3.05, 3.63) is 23.8 Å². The lowest BCUT2D eigenvalue weighted by Crippen LogP contribution is -2.48. The van der Waals surface area contributed by atoms with Crippen LogP contribution in [0.4, 0.5) is 13.2 Å². The highest BCUT2D eigenvalue weighted by Crippen LogP contribution is 2.32. The Morgan fingerprint density at radius 3 is 2.43 bits per heavy atom. The summed E-state index contributed by atoms with van der Waals surface area (Å²) in [6, 6.07) is 5.75. The number of alkyl halides is 3. The van der Waals surface area contributed by atoms with E-state index in [-0.39, 0.29) is 35.4 Å². The van der Waals surface area contributed by atoms with Crippen molar-refractivity contribution in [1.29, 1.82) is 0 Å². The zero-order chi connectivity index (χ0) is 21.7. The molecule has 1 heterocycles. The number of benzene rings is 1. The van der Waals surface area contributed by atoms with Crippen molar-refractivity contribution in [2.45, 2.75) is 37.9 Å². The zero-order valence-electron chi connectivity index (χ0n) is 18.1. The second kappa shape index (κ2) is 11.3. The summed E-state index contributed by atoms with van der Waals surface area (Å²) >= 11 is 0. The van der Waals surface area contributed by atoms with E-state index in [1.54, 1.807) is 21.3 Å². The Morgan fingerprint density at radius 2 is 1.87 bits per heavy atom. The highest BCUT2D eigenvalue weighted by atomic mass is 127. The first-order chi connectivity index (χ1) is 13.6. The monoisotopic (exact) mass is 544 g/mol. The first-order valence-electron chi connectivity index (χ1n) is 9.57. The van der Waals surface area contributed by atoms with Gasteiger partial charge in [-0.25, -0.2) is 0 Å². The Balaban J connectivity index is 0.00000450. The predicted octanol–water partition coefficient (Wildman–Crippen LogP) is 3.40. The lowest BCUT2D eigenvalue weighted by atomic mass is 9.84. The van der Waals surface area contributed by atoms with Gasteiger partial charge in [-0.3, -0.25) is 9.89 Å². The average molecular weight is 544 g/mol. The van der Waals surface area contributed by atoms with Crippen LogP contribution in [0.25, 0.3) is 0 Å². The molecule has 1 aromatic rings. The van der Waals surface area contributed by atoms with Crippen molar-refractivity contribution in [2.24, 2.45) is 4.99 Å². The van der Waals surface area contributed by atoms with Crippen molar-refractivity contribution in [1.82, 2.24) is 15.5 Å². The molecule has 0 spiro atoms. The molecule has 1 atom stereocenters. The van der Waals surface area contributed by atoms with Gasteiger partial charge in [0.2, 0.25) is 0 Å². The molecule has 0 aliphatic carbocycles. The standard InChI is InChI=1S/C20H31F3N4O2.HI/c1-19(2,14-6-7-16(28-4)17(10-14)29-5)12-25-18(24-3)26-15-8-9-27(11-15)13-20(21,22)23;/h6-7,10,15H,8-9,11-13H2,1-5H3,(H2,24,25,26);1H. The molecule has 1 aliphatic heterocycles. The molecule has 0 amide bonds. The number of hydrogen-bond acceptors (Lipinski definition) is 4. The number of nitrogens with one attached hydrogen (secondary N) is 2. The van der Waals surface area contributed by atoms with E-state index in [1.807, 2.05) is 18.2 Å². The van der Waals surface area contributed by atoms with Gasteiger partial charge in [-0.1, -0.05) is 19.9 Å². The molecular formula is C20H32F3IN4O2. The number of nitrogens with zero attached hydrogens (tertiary/aromatic N) is 2. The first kappa shape index (κ1) is 26.6. The lowest BCUT2D eigenvalue weighted by Gasteiger charge is -2.28. The van der Waals surface area contributed by atoms with Crippen LogP contribution in [-0.4, -0.2) is 70.5 Å². The van der Waals surface area contributed by atoms with Crippen molar-refractivity contribution in [3.8, 4) is 11.5 Å². The molecule has 0 aromatic heterocycles. The van der Waals surface area contributed by atoms with Gasteiger partial charge in [0.05, 0.1) is 20.8 Å². The molecule has 30 heavy (non-hydrogen) atoms. The molecule has 6 nitrogen and oxygen atoms in total. The first-order valence-corrected chi connectivity index (χ1v) is 9.57. The second-order valence-electron chi connectivity index (χ2n) is 7.86. The summed E-state index contributed by atoms with van der Waals surface area (Å²) in [6.45, 7) is 4.67. The van der Waals surface area contributed by atoms with Gasteiger partial charge in [-0.05, 0) is 24.1 Å². The smallest absolute Gasteiger partial charge is 0.401 e. The summed E-state index contributed by atoms with van der Waals surface area (Å²) in [5, 5.41) is 6.52. The Labute approximate surface area is 193 Å².